The predicted octanol–water partition coefficient (Wildman–Crippen LogP) is 9.21. The highest BCUT2D eigenvalue weighted by molar-refractivity contribution is 7.21. The lowest BCUT2D eigenvalue weighted by Crippen LogP contribution is -2.74. The Labute approximate surface area is 371 Å². The topological polar surface area (TPSA) is 4.93 Å². The molecule has 1 nitrogen and oxygen atoms in total. The van der Waals surface area contributed by atoms with Gasteiger partial charge in [-0.15, -0.1) is 0 Å². The number of rotatable bonds is 10. The van der Waals surface area contributed by atoms with Gasteiger partial charge in [-0.1, -0.05) is 249 Å². The third-order valence-corrected chi connectivity index (χ3v) is 22.7. The highest BCUT2D eigenvalue weighted by atomic mass is 28.3. The molecular formula is C60H45NSi2. The number of para-hydroxylation sites is 1. The quantitative estimate of drug-likeness (QED) is 0.0958. The van der Waals surface area contributed by atoms with E-state index in [1.54, 1.807) is 0 Å². The van der Waals surface area contributed by atoms with E-state index in [-0.39, 0.29) is 0 Å². The molecule has 0 bridgehead atoms. The van der Waals surface area contributed by atoms with Crippen LogP contribution in [0.4, 0.5) is 0 Å². The summed E-state index contributed by atoms with van der Waals surface area (Å²) in [6.45, 7) is 0. The number of hydrogen-bond donors (Lipinski definition) is 0. The zero-order chi connectivity index (χ0) is 42.1. The normalized spacial score (nSPS) is 11.8. The molecule has 0 radical (unpaired) electrons. The van der Waals surface area contributed by atoms with E-state index in [0.717, 1.165) is 5.69 Å². The highest BCUT2D eigenvalue weighted by Gasteiger charge is 2.44. The molecule has 63 heavy (non-hydrogen) atoms. The highest BCUT2D eigenvalue weighted by Crippen LogP contribution is 2.32. The van der Waals surface area contributed by atoms with Gasteiger partial charge in [0.2, 0.25) is 0 Å². The molecule has 1 aromatic heterocycles. The summed E-state index contributed by atoms with van der Waals surface area (Å²) >= 11 is 0. The number of aromatic nitrogens is 1. The Hall–Kier alpha value is -7.57. The maximum Gasteiger partial charge on any atom is 0.180 e. The molecule has 3 heteroatoms. The Morgan fingerprint density at radius 2 is 0.635 bits per heavy atom. The standard InChI is InChI=1S/C60H45NSi2/c1-7-23-46(24-8-1)47-25-21-36-55(45-47)62(49-26-9-2-10-27-49,50-28-11-3-12-29-50)54-43-41-48(42-44-54)61-57-38-20-19-37-56(57)60-58(61)39-22-40-59(60)63(51-30-13-4-14-31-51,52-32-15-5-16-33-52)53-34-17-6-18-35-53/h1-45H. The molecule has 11 rings (SSSR count). The minimum Gasteiger partial charge on any atom is -0.309 e. The molecule has 0 amide bonds. The average Bonchev–Trinajstić information content (AvgIpc) is 3.72. The molecule has 1 heterocycles. The number of hydrogen-bond acceptors (Lipinski definition) is 0. The van der Waals surface area contributed by atoms with Crippen LogP contribution >= 0.6 is 0 Å². The van der Waals surface area contributed by atoms with Crippen LogP contribution in [0.15, 0.2) is 273 Å². The Balaban J connectivity index is 1.16. The van der Waals surface area contributed by atoms with Gasteiger partial charge in [0.1, 0.15) is 0 Å². The number of fused-ring (bicyclic) bond motifs is 3. The van der Waals surface area contributed by atoms with Crippen molar-refractivity contribution in [1.29, 1.82) is 0 Å². The van der Waals surface area contributed by atoms with Crippen molar-refractivity contribution in [2.45, 2.75) is 0 Å². The Morgan fingerprint density at radius 3 is 1.16 bits per heavy atom. The van der Waals surface area contributed by atoms with Crippen LogP contribution in [0.5, 0.6) is 0 Å². The van der Waals surface area contributed by atoms with Crippen LogP contribution in [-0.2, 0) is 0 Å². The summed E-state index contributed by atoms with van der Waals surface area (Å²) in [6, 6.07) is 102. The SMILES string of the molecule is c1ccc(-c2cccc([Si](c3ccccc3)(c3ccccc3)c3ccc(-n4c5ccccc5c5c([Si](c6ccccc6)(c6ccccc6)c6ccccc6)cccc54)cc3)c2)cc1. The van der Waals surface area contributed by atoms with E-state index in [4.69, 9.17) is 0 Å². The van der Waals surface area contributed by atoms with E-state index < -0.39 is 16.1 Å². The van der Waals surface area contributed by atoms with Gasteiger partial charge < -0.3 is 4.57 Å². The molecule has 0 saturated heterocycles. The molecule has 0 N–H and O–H groups in total. The summed E-state index contributed by atoms with van der Waals surface area (Å²) < 4.78 is 2.50. The van der Waals surface area contributed by atoms with Crippen LogP contribution < -0.4 is 41.5 Å². The number of benzene rings is 10. The zero-order valence-electron chi connectivity index (χ0n) is 34.9. The second kappa shape index (κ2) is 16.4. The van der Waals surface area contributed by atoms with Gasteiger partial charge in [-0.2, -0.15) is 0 Å². The number of nitrogens with zero attached hydrogens (tertiary/aromatic N) is 1. The molecule has 0 aliphatic rings. The third-order valence-electron chi connectivity index (χ3n) is 13.1. The fraction of sp³-hybridized carbons (Fsp3) is 0. The van der Waals surface area contributed by atoms with Gasteiger partial charge in [0.25, 0.3) is 0 Å². The lowest BCUT2D eigenvalue weighted by atomic mass is 10.1. The smallest absolute Gasteiger partial charge is 0.180 e. The molecular weight excluding hydrogens is 791 g/mol. The van der Waals surface area contributed by atoms with Crippen LogP contribution in [0, 0.1) is 0 Å². The summed E-state index contributed by atoms with van der Waals surface area (Å²) in [5.74, 6) is 0. The van der Waals surface area contributed by atoms with Crippen LogP contribution in [-0.4, -0.2) is 20.7 Å². The van der Waals surface area contributed by atoms with Crippen molar-refractivity contribution in [3.05, 3.63) is 273 Å². The minimum absolute atomic E-state index is 1.15. The molecule has 0 aliphatic heterocycles. The fourth-order valence-electron chi connectivity index (χ4n) is 10.4. The summed E-state index contributed by atoms with van der Waals surface area (Å²) in [5.41, 5.74) is 6.02. The summed E-state index contributed by atoms with van der Waals surface area (Å²) in [7, 11) is -5.68. The molecule has 298 valence electrons. The lowest BCUT2D eigenvalue weighted by Gasteiger charge is -2.35. The third kappa shape index (κ3) is 6.36. The molecule has 0 unspecified atom stereocenters. The van der Waals surface area contributed by atoms with Gasteiger partial charge in [0.15, 0.2) is 16.1 Å². The summed E-state index contributed by atoms with van der Waals surface area (Å²) in [5, 5.41) is 13.5. The zero-order valence-corrected chi connectivity index (χ0v) is 36.9. The van der Waals surface area contributed by atoms with Gasteiger partial charge in [-0.05, 0) is 76.9 Å². The molecule has 0 saturated carbocycles. The van der Waals surface area contributed by atoms with Crippen LogP contribution in [0.1, 0.15) is 0 Å². The second-order valence-corrected chi connectivity index (χ2v) is 24.0. The molecule has 0 atom stereocenters. The van der Waals surface area contributed by atoms with E-state index in [1.807, 2.05) is 0 Å². The maximum absolute atomic E-state index is 2.85. The molecule has 0 fully saturated rings. The van der Waals surface area contributed by atoms with E-state index in [0.29, 0.717) is 0 Å². The van der Waals surface area contributed by atoms with Gasteiger partial charge in [-0.3, -0.25) is 0 Å². The minimum atomic E-state index is -2.85. The molecule has 10 aromatic carbocycles. The van der Waals surface area contributed by atoms with Crippen LogP contribution in [0.2, 0.25) is 0 Å². The van der Waals surface area contributed by atoms with Crippen molar-refractivity contribution < 1.29 is 0 Å². The molecule has 0 aliphatic carbocycles. The van der Waals surface area contributed by atoms with E-state index in [9.17, 15) is 0 Å². The van der Waals surface area contributed by atoms with E-state index in [1.165, 1.54) is 74.4 Å². The Morgan fingerprint density at radius 1 is 0.254 bits per heavy atom. The second-order valence-electron chi connectivity index (χ2n) is 16.4. The van der Waals surface area contributed by atoms with Crippen molar-refractivity contribution in [2.24, 2.45) is 0 Å². The van der Waals surface area contributed by atoms with Crippen LogP contribution in [0.25, 0.3) is 38.6 Å². The first kappa shape index (κ1) is 38.4. The van der Waals surface area contributed by atoms with E-state index in [2.05, 4.69) is 278 Å². The summed E-state index contributed by atoms with van der Waals surface area (Å²) in [6.07, 6.45) is 0. The Bertz CT molecular complexity index is 3160. The maximum atomic E-state index is 2.50. The summed E-state index contributed by atoms with van der Waals surface area (Å²) in [4.78, 5) is 0. The first-order valence-corrected chi connectivity index (χ1v) is 25.8. The first-order valence-electron chi connectivity index (χ1n) is 21.8. The Kier molecular flexibility index (Phi) is 9.97. The van der Waals surface area contributed by atoms with Gasteiger partial charge >= 0.3 is 0 Å². The average molecular weight is 836 g/mol. The largest absolute Gasteiger partial charge is 0.309 e. The monoisotopic (exact) mass is 835 g/mol. The van der Waals surface area contributed by atoms with Crippen molar-refractivity contribution in [1.82, 2.24) is 4.57 Å². The molecule has 0 spiro atoms. The van der Waals surface area contributed by atoms with Crippen molar-refractivity contribution in [3.63, 3.8) is 0 Å². The van der Waals surface area contributed by atoms with Gasteiger partial charge in [-0.25, -0.2) is 0 Å². The van der Waals surface area contributed by atoms with Crippen molar-refractivity contribution in [2.75, 3.05) is 0 Å². The molecule has 11 aromatic rings. The van der Waals surface area contributed by atoms with Gasteiger partial charge in [0.05, 0.1) is 11.0 Å². The fourth-order valence-corrected chi connectivity index (χ4v) is 20.2. The lowest BCUT2D eigenvalue weighted by molar-refractivity contribution is 1.18. The van der Waals surface area contributed by atoms with Crippen molar-refractivity contribution >= 4 is 79.4 Å². The van der Waals surface area contributed by atoms with Crippen LogP contribution in [0.3, 0.4) is 0 Å². The first-order chi connectivity index (χ1) is 31.3. The predicted molar refractivity (Wildman–Crippen MR) is 273 cm³/mol. The van der Waals surface area contributed by atoms with E-state index >= 15 is 0 Å². The van der Waals surface area contributed by atoms with Gasteiger partial charge in [0, 0.05) is 16.5 Å². The van der Waals surface area contributed by atoms with Crippen molar-refractivity contribution in [3.8, 4) is 16.8 Å².